The molecule has 2 N–H and O–H groups in total. The minimum absolute atomic E-state index is 0.234. The molecule has 1 aromatic rings. The van der Waals surface area contributed by atoms with Crippen LogP contribution < -0.4 is 10.5 Å². The molecule has 0 aliphatic carbocycles. The van der Waals surface area contributed by atoms with Gasteiger partial charge in [-0.2, -0.15) is 0 Å². The summed E-state index contributed by atoms with van der Waals surface area (Å²) in [5, 5.41) is 0. The van der Waals surface area contributed by atoms with Crippen LogP contribution in [0.5, 0.6) is 5.75 Å². The fourth-order valence-corrected chi connectivity index (χ4v) is 3.67. The van der Waals surface area contributed by atoms with Crippen LogP contribution in [0, 0.1) is 0 Å². The summed E-state index contributed by atoms with van der Waals surface area (Å²) in [5.41, 5.74) is 7.07. The number of carbonyl (C=O) groups is 1. The molecule has 0 radical (unpaired) electrons. The van der Waals surface area contributed by atoms with E-state index in [9.17, 15) is 4.79 Å². The highest BCUT2D eigenvalue weighted by Crippen LogP contribution is 2.35. The third kappa shape index (κ3) is 2.52. The third-order valence-electron chi connectivity index (χ3n) is 4.55. The summed E-state index contributed by atoms with van der Waals surface area (Å²) in [5.74, 6) is 1.04. The SMILES string of the molecule is COc1cccc(CC(=O)N2C3CCC2CC(N)C3)c1. The molecule has 2 aliphatic rings. The Morgan fingerprint density at radius 3 is 2.70 bits per heavy atom. The summed E-state index contributed by atoms with van der Waals surface area (Å²) in [6.45, 7) is 0. The molecule has 2 bridgehead atoms. The summed E-state index contributed by atoms with van der Waals surface area (Å²) in [6.07, 6.45) is 4.60. The predicted octanol–water partition coefficient (Wildman–Crippen LogP) is 1.72. The number of hydrogen-bond donors (Lipinski definition) is 1. The Bertz CT molecular complexity index is 489. The summed E-state index contributed by atoms with van der Waals surface area (Å²) >= 11 is 0. The van der Waals surface area contributed by atoms with Gasteiger partial charge in [0.05, 0.1) is 13.5 Å². The number of nitrogens with zero attached hydrogens (tertiary/aromatic N) is 1. The Morgan fingerprint density at radius 1 is 1.35 bits per heavy atom. The number of benzene rings is 1. The summed E-state index contributed by atoms with van der Waals surface area (Å²) in [4.78, 5) is 14.7. The number of piperidine rings is 1. The molecule has 108 valence electrons. The van der Waals surface area contributed by atoms with Crippen molar-refractivity contribution in [3.63, 3.8) is 0 Å². The second kappa shape index (κ2) is 5.44. The maximum absolute atomic E-state index is 12.6. The van der Waals surface area contributed by atoms with Gasteiger partial charge in [0, 0.05) is 18.1 Å². The molecule has 2 atom stereocenters. The molecule has 2 fully saturated rings. The highest BCUT2D eigenvalue weighted by molar-refractivity contribution is 5.80. The van der Waals surface area contributed by atoms with E-state index in [-0.39, 0.29) is 11.9 Å². The van der Waals surface area contributed by atoms with E-state index in [1.165, 1.54) is 0 Å². The van der Waals surface area contributed by atoms with Gasteiger partial charge < -0.3 is 15.4 Å². The second-order valence-electron chi connectivity index (χ2n) is 5.95. The molecule has 0 spiro atoms. The molecular weight excluding hydrogens is 252 g/mol. The molecule has 4 heteroatoms. The van der Waals surface area contributed by atoms with Gasteiger partial charge in [0.25, 0.3) is 0 Å². The summed E-state index contributed by atoms with van der Waals surface area (Å²) in [6, 6.07) is 8.75. The Hall–Kier alpha value is -1.55. The molecule has 0 saturated carbocycles. The maximum Gasteiger partial charge on any atom is 0.227 e. The first-order valence-electron chi connectivity index (χ1n) is 7.37. The lowest BCUT2D eigenvalue weighted by molar-refractivity contribution is -0.135. The lowest BCUT2D eigenvalue weighted by Gasteiger charge is -2.37. The minimum Gasteiger partial charge on any atom is -0.497 e. The normalized spacial score (nSPS) is 28.5. The standard InChI is InChI=1S/C16H22N2O2/c1-20-15-4-2-3-11(7-15)8-16(19)18-13-5-6-14(18)10-12(17)9-13/h2-4,7,12-14H,5-6,8-10,17H2,1H3. The zero-order valence-electron chi connectivity index (χ0n) is 11.9. The predicted molar refractivity (Wildman–Crippen MR) is 77.6 cm³/mol. The molecule has 20 heavy (non-hydrogen) atoms. The van der Waals surface area contributed by atoms with Crippen molar-refractivity contribution in [2.24, 2.45) is 5.73 Å². The number of carbonyl (C=O) groups excluding carboxylic acids is 1. The largest absolute Gasteiger partial charge is 0.497 e. The number of hydrogen-bond acceptors (Lipinski definition) is 3. The zero-order valence-corrected chi connectivity index (χ0v) is 11.9. The average Bonchev–Trinajstić information content (AvgIpc) is 2.71. The molecule has 2 aliphatic heterocycles. The highest BCUT2D eigenvalue weighted by Gasteiger charge is 2.41. The molecule has 2 unspecified atom stereocenters. The second-order valence-corrected chi connectivity index (χ2v) is 5.95. The number of rotatable bonds is 3. The fraction of sp³-hybridized carbons (Fsp3) is 0.562. The average molecular weight is 274 g/mol. The van der Waals surface area contributed by atoms with Crippen molar-refractivity contribution in [3.05, 3.63) is 29.8 Å². The molecule has 2 saturated heterocycles. The van der Waals surface area contributed by atoms with Crippen LogP contribution in [-0.2, 0) is 11.2 Å². The Kier molecular flexibility index (Phi) is 3.66. The monoisotopic (exact) mass is 274 g/mol. The van der Waals surface area contributed by atoms with Gasteiger partial charge in [-0.25, -0.2) is 0 Å². The van der Waals surface area contributed by atoms with Crippen molar-refractivity contribution in [2.75, 3.05) is 7.11 Å². The summed E-state index contributed by atoms with van der Waals surface area (Å²) < 4.78 is 5.21. The van der Waals surface area contributed by atoms with E-state index in [2.05, 4.69) is 4.90 Å². The van der Waals surface area contributed by atoms with Crippen LogP contribution in [0.25, 0.3) is 0 Å². The zero-order chi connectivity index (χ0) is 14.1. The van der Waals surface area contributed by atoms with Crippen LogP contribution in [0.3, 0.4) is 0 Å². The number of nitrogens with two attached hydrogens (primary N) is 1. The quantitative estimate of drug-likeness (QED) is 0.913. The van der Waals surface area contributed by atoms with Crippen molar-refractivity contribution in [3.8, 4) is 5.75 Å². The Balaban J connectivity index is 1.70. The number of amides is 1. The first-order chi connectivity index (χ1) is 9.67. The minimum atomic E-state index is 0.234. The van der Waals surface area contributed by atoms with Crippen LogP contribution >= 0.6 is 0 Å². The van der Waals surface area contributed by atoms with Crippen molar-refractivity contribution in [2.45, 2.75) is 50.2 Å². The molecule has 1 amide bonds. The van der Waals surface area contributed by atoms with E-state index >= 15 is 0 Å². The van der Waals surface area contributed by atoms with Crippen LogP contribution in [-0.4, -0.2) is 36.0 Å². The van der Waals surface area contributed by atoms with Gasteiger partial charge in [-0.15, -0.1) is 0 Å². The van der Waals surface area contributed by atoms with E-state index in [1.54, 1.807) is 7.11 Å². The van der Waals surface area contributed by atoms with E-state index in [0.717, 1.165) is 37.0 Å². The lowest BCUT2D eigenvalue weighted by atomic mass is 9.97. The number of methoxy groups -OCH3 is 1. The lowest BCUT2D eigenvalue weighted by Crippen LogP contribution is -2.50. The molecule has 3 rings (SSSR count). The number of ether oxygens (including phenoxy) is 1. The molecule has 0 aromatic heterocycles. The van der Waals surface area contributed by atoms with Gasteiger partial charge in [-0.1, -0.05) is 12.1 Å². The van der Waals surface area contributed by atoms with Gasteiger partial charge in [0.1, 0.15) is 5.75 Å². The van der Waals surface area contributed by atoms with Crippen LogP contribution in [0.1, 0.15) is 31.2 Å². The highest BCUT2D eigenvalue weighted by atomic mass is 16.5. The van der Waals surface area contributed by atoms with Gasteiger partial charge in [-0.3, -0.25) is 4.79 Å². The van der Waals surface area contributed by atoms with E-state index in [0.29, 0.717) is 18.5 Å². The third-order valence-corrected chi connectivity index (χ3v) is 4.55. The molecule has 4 nitrogen and oxygen atoms in total. The fourth-order valence-electron chi connectivity index (χ4n) is 3.67. The smallest absolute Gasteiger partial charge is 0.227 e. The Morgan fingerprint density at radius 2 is 2.05 bits per heavy atom. The topological polar surface area (TPSA) is 55.6 Å². The maximum atomic E-state index is 12.6. The van der Waals surface area contributed by atoms with Crippen LogP contribution in [0.2, 0.25) is 0 Å². The molecule has 2 heterocycles. The first kappa shape index (κ1) is 13.4. The van der Waals surface area contributed by atoms with E-state index in [4.69, 9.17) is 10.5 Å². The van der Waals surface area contributed by atoms with E-state index in [1.807, 2.05) is 24.3 Å². The van der Waals surface area contributed by atoms with Gasteiger partial charge in [-0.05, 0) is 43.4 Å². The molecular formula is C16H22N2O2. The van der Waals surface area contributed by atoms with Crippen molar-refractivity contribution >= 4 is 5.91 Å². The van der Waals surface area contributed by atoms with Gasteiger partial charge >= 0.3 is 0 Å². The number of fused-ring (bicyclic) bond motifs is 2. The molecule has 1 aromatic carbocycles. The van der Waals surface area contributed by atoms with Crippen molar-refractivity contribution < 1.29 is 9.53 Å². The first-order valence-corrected chi connectivity index (χ1v) is 7.37. The van der Waals surface area contributed by atoms with Crippen molar-refractivity contribution in [1.29, 1.82) is 0 Å². The van der Waals surface area contributed by atoms with Crippen LogP contribution in [0.4, 0.5) is 0 Å². The van der Waals surface area contributed by atoms with Gasteiger partial charge in [0.15, 0.2) is 0 Å². The van der Waals surface area contributed by atoms with Crippen molar-refractivity contribution in [1.82, 2.24) is 4.90 Å². The van der Waals surface area contributed by atoms with Crippen LogP contribution in [0.15, 0.2) is 24.3 Å². The summed E-state index contributed by atoms with van der Waals surface area (Å²) in [7, 11) is 1.65. The van der Waals surface area contributed by atoms with Gasteiger partial charge in [0.2, 0.25) is 5.91 Å². The Labute approximate surface area is 119 Å². The van der Waals surface area contributed by atoms with E-state index < -0.39 is 0 Å².